The average Bonchev–Trinajstić information content (AvgIpc) is 2.16. The van der Waals surface area contributed by atoms with E-state index in [1.165, 1.54) is 0 Å². The zero-order valence-electron chi connectivity index (χ0n) is 9.99. The highest BCUT2D eigenvalue weighted by molar-refractivity contribution is 5.72. The summed E-state index contributed by atoms with van der Waals surface area (Å²) in [6, 6.07) is 7.27. The number of aliphatic hydroxyl groups excluding tert-OH is 1. The second-order valence-corrected chi connectivity index (χ2v) is 4.74. The Hall–Kier alpha value is -1.35. The van der Waals surface area contributed by atoms with Crippen molar-refractivity contribution in [3.05, 3.63) is 35.4 Å². The molecule has 0 aliphatic rings. The van der Waals surface area contributed by atoms with E-state index in [-0.39, 0.29) is 19.0 Å². The van der Waals surface area contributed by atoms with E-state index in [1.54, 1.807) is 12.1 Å². The predicted octanol–water partition coefficient (Wildman–Crippen LogP) is 2.06. The molecule has 3 nitrogen and oxygen atoms in total. The van der Waals surface area contributed by atoms with Crippen LogP contribution in [-0.4, -0.2) is 16.7 Å². The van der Waals surface area contributed by atoms with Gasteiger partial charge < -0.3 is 9.84 Å². The summed E-state index contributed by atoms with van der Waals surface area (Å²) in [6.07, 6.45) is 0.267. The number of rotatable bonds is 3. The topological polar surface area (TPSA) is 46.5 Å². The van der Waals surface area contributed by atoms with Gasteiger partial charge in [0, 0.05) is 0 Å². The molecule has 0 bridgehead atoms. The van der Waals surface area contributed by atoms with Crippen LogP contribution in [0.2, 0.25) is 0 Å². The van der Waals surface area contributed by atoms with Gasteiger partial charge in [0.25, 0.3) is 0 Å². The molecule has 0 heterocycles. The van der Waals surface area contributed by atoms with Gasteiger partial charge in [-0.1, -0.05) is 24.3 Å². The molecule has 0 aromatic heterocycles. The third-order valence-electron chi connectivity index (χ3n) is 1.97. The SMILES string of the molecule is CC(C)(C)OC(=O)Cc1ccc(CO)cc1. The quantitative estimate of drug-likeness (QED) is 0.796. The van der Waals surface area contributed by atoms with Gasteiger partial charge in [-0.25, -0.2) is 0 Å². The van der Waals surface area contributed by atoms with Crippen molar-refractivity contribution < 1.29 is 14.6 Å². The van der Waals surface area contributed by atoms with Crippen molar-refractivity contribution in [1.82, 2.24) is 0 Å². The first-order chi connectivity index (χ1) is 7.40. The monoisotopic (exact) mass is 222 g/mol. The van der Waals surface area contributed by atoms with Gasteiger partial charge in [-0.2, -0.15) is 0 Å². The Bertz CT molecular complexity index is 346. The van der Waals surface area contributed by atoms with Crippen molar-refractivity contribution in [2.75, 3.05) is 0 Å². The summed E-state index contributed by atoms with van der Waals surface area (Å²) in [5, 5.41) is 8.87. The van der Waals surface area contributed by atoms with Crippen LogP contribution in [0.3, 0.4) is 0 Å². The third-order valence-corrected chi connectivity index (χ3v) is 1.97. The van der Waals surface area contributed by atoms with Gasteiger partial charge in [-0.15, -0.1) is 0 Å². The fourth-order valence-corrected chi connectivity index (χ4v) is 1.31. The van der Waals surface area contributed by atoms with Gasteiger partial charge in [0.05, 0.1) is 13.0 Å². The molecule has 0 aliphatic heterocycles. The summed E-state index contributed by atoms with van der Waals surface area (Å²) < 4.78 is 5.21. The van der Waals surface area contributed by atoms with Crippen LogP contribution in [0.4, 0.5) is 0 Å². The highest BCUT2D eigenvalue weighted by Gasteiger charge is 2.16. The summed E-state index contributed by atoms with van der Waals surface area (Å²) in [7, 11) is 0. The van der Waals surface area contributed by atoms with E-state index in [1.807, 2.05) is 32.9 Å². The number of esters is 1. The van der Waals surface area contributed by atoms with Crippen LogP contribution in [0.1, 0.15) is 31.9 Å². The smallest absolute Gasteiger partial charge is 0.310 e. The van der Waals surface area contributed by atoms with Gasteiger partial charge >= 0.3 is 5.97 Å². The number of carbonyl (C=O) groups excluding carboxylic acids is 1. The minimum absolute atomic E-state index is 0.0206. The van der Waals surface area contributed by atoms with E-state index in [9.17, 15) is 4.79 Å². The molecule has 1 aromatic carbocycles. The lowest BCUT2D eigenvalue weighted by atomic mass is 10.1. The fraction of sp³-hybridized carbons (Fsp3) is 0.462. The van der Waals surface area contributed by atoms with Crippen molar-refractivity contribution >= 4 is 5.97 Å². The number of hydrogen-bond acceptors (Lipinski definition) is 3. The summed E-state index contributed by atoms with van der Waals surface area (Å²) >= 11 is 0. The van der Waals surface area contributed by atoms with E-state index < -0.39 is 5.60 Å². The molecule has 1 rings (SSSR count). The van der Waals surface area contributed by atoms with Gasteiger partial charge in [-0.3, -0.25) is 4.79 Å². The highest BCUT2D eigenvalue weighted by Crippen LogP contribution is 2.11. The predicted molar refractivity (Wildman–Crippen MR) is 61.9 cm³/mol. The van der Waals surface area contributed by atoms with Crippen LogP contribution in [0.15, 0.2) is 24.3 Å². The second kappa shape index (κ2) is 5.12. The number of ether oxygens (including phenoxy) is 1. The Labute approximate surface area is 96.1 Å². The Morgan fingerprint density at radius 3 is 2.12 bits per heavy atom. The molecule has 0 aliphatic carbocycles. The molecule has 0 amide bonds. The molecule has 0 spiro atoms. The Morgan fingerprint density at radius 2 is 1.69 bits per heavy atom. The van der Waals surface area contributed by atoms with Crippen LogP contribution in [0, 0.1) is 0 Å². The van der Waals surface area contributed by atoms with Gasteiger partial charge in [0.1, 0.15) is 5.60 Å². The average molecular weight is 222 g/mol. The van der Waals surface area contributed by atoms with Gasteiger partial charge in [0.15, 0.2) is 0 Å². The van der Waals surface area contributed by atoms with Crippen molar-refractivity contribution in [2.45, 2.75) is 39.4 Å². The van der Waals surface area contributed by atoms with Crippen LogP contribution < -0.4 is 0 Å². The van der Waals surface area contributed by atoms with E-state index >= 15 is 0 Å². The molecule has 0 radical (unpaired) electrons. The Balaban J connectivity index is 2.56. The molecule has 1 N–H and O–H groups in total. The minimum Gasteiger partial charge on any atom is -0.460 e. The molecule has 1 aromatic rings. The molecule has 16 heavy (non-hydrogen) atoms. The number of benzene rings is 1. The summed E-state index contributed by atoms with van der Waals surface area (Å²) in [4.78, 5) is 11.5. The zero-order valence-corrected chi connectivity index (χ0v) is 9.99. The van der Waals surface area contributed by atoms with E-state index in [2.05, 4.69) is 0 Å². The summed E-state index contributed by atoms with van der Waals surface area (Å²) in [5.74, 6) is -0.232. The first-order valence-electron chi connectivity index (χ1n) is 5.31. The zero-order chi connectivity index (χ0) is 12.2. The van der Waals surface area contributed by atoms with Crippen molar-refractivity contribution in [3.63, 3.8) is 0 Å². The first-order valence-corrected chi connectivity index (χ1v) is 5.31. The normalized spacial score (nSPS) is 11.2. The highest BCUT2D eigenvalue weighted by atomic mass is 16.6. The largest absolute Gasteiger partial charge is 0.460 e. The van der Waals surface area contributed by atoms with Crippen LogP contribution in [-0.2, 0) is 22.6 Å². The molecule has 0 unspecified atom stereocenters. The molecule has 0 fully saturated rings. The summed E-state index contributed by atoms with van der Waals surface area (Å²) in [5.41, 5.74) is 1.29. The van der Waals surface area contributed by atoms with Crippen LogP contribution in [0.5, 0.6) is 0 Å². The van der Waals surface area contributed by atoms with Gasteiger partial charge in [0.2, 0.25) is 0 Å². The van der Waals surface area contributed by atoms with Crippen LogP contribution in [0.25, 0.3) is 0 Å². The lowest BCUT2D eigenvalue weighted by Gasteiger charge is -2.19. The molecular formula is C13H18O3. The number of carbonyl (C=O) groups is 1. The molecular weight excluding hydrogens is 204 g/mol. The Morgan fingerprint density at radius 1 is 1.19 bits per heavy atom. The third kappa shape index (κ3) is 4.45. The molecule has 88 valence electrons. The van der Waals surface area contributed by atoms with E-state index in [4.69, 9.17) is 9.84 Å². The lowest BCUT2D eigenvalue weighted by molar-refractivity contribution is -0.153. The summed E-state index contributed by atoms with van der Waals surface area (Å²) in [6.45, 7) is 5.56. The molecule has 0 atom stereocenters. The van der Waals surface area contributed by atoms with Crippen LogP contribution >= 0.6 is 0 Å². The molecule has 0 saturated heterocycles. The number of aliphatic hydroxyl groups is 1. The van der Waals surface area contributed by atoms with Crippen molar-refractivity contribution in [3.8, 4) is 0 Å². The fourth-order valence-electron chi connectivity index (χ4n) is 1.31. The van der Waals surface area contributed by atoms with Crippen molar-refractivity contribution in [2.24, 2.45) is 0 Å². The minimum atomic E-state index is -0.442. The standard InChI is InChI=1S/C13H18O3/c1-13(2,3)16-12(15)8-10-4-6-11(9-14)7-5-10/h4-7,14H,8-9H2,1-3H3. The van der Waals surface area contributed by atoms with Crippen molar-refractivity contribution in [1.29, 1.82) is 0 Å². The second-order valence-electron chi connectivity index (χ2n) is 4.74. The van der Waals surface area contributed by atoms with E-state index in [0.717, 1.165) is 11.1 Å². The van der Waals surface area contributed by atoms with Gasteiger partial charge in [-0.05, 0) is 31.9 Å². The molecule has 3 heteroatoms. The maximum absolute atomic E-state index is 11.5. The molecule has 0 saturated carbocycles. The lowest BCUT2D eigenvalue weighted by Crippen LogP contribution is -2.24. The first kappa shape index (κ1) is 12.7. The van der Waals surface area contributed by atoms with E-state index in [0.29, 0.717) is 0 Å². The maximum Gasteiger partial charge on any atom is 0.310 e. The Kier molecular flexibility index (Phi) is 4.07. The maximum atomic E-state index is 11.5. The number of hydrogen-bond donors (Lipinski definition) is 1.